The van der Waals surface area contributed by atoms with Gasteiger partial charge in [-0.25, -0.2) is 4.98 Å². The van der Waals surface area contributed by atoms with Crippen molar-refractivity contribution in [3.05, 3.63) is 11.1 Å². The summed E-state index contributed by atoms with van der Waals surface area (Å²) < 4.78 is 4.94. The average Bonchev–Trinajstić information content (AvgIpc) is 2.83. The normalized spacial score (nSPS) is 25.6. The topological polar surface area (TPSA) is 51.2 Å². The predicted octanol–water partition coefficient (Wildman–Crippen LogP) is 3.88. The lowest BCUT2D eigenvalue weighted by molar-refractivity contribution is -0.143. The highest BCUT2D eigenvalue weighted by Gasteiger charge is 2.24. The SMILES string of the molecule is CCOC(=O)CCc1csc(NC2CC(C)CC(C)C2)n1. The van der Waals surface area contributed by atoms with E-state index in [9.17, 15) is 4.79 Å². The van der Waals surface area contributed by atoms with E-state index in [2.05, 4.69) is 24.1 Å². The zero-order valence-corrected chi connectivity index (χ0v) is 14.0. The number of ether oxygens (including phenoxy) is 1. The van der Waals surface area contributed by atoms with Gasteiger partial charge >= 0.3 is 5.97 Å². The number of carbonyl (C=O) groups is 1. The lowest BCUT2D eigenvalue weighted by Crippen LogP contribution is -2.30. The molecule has 2 unspecified atom stereocenters. The second-order valence-corrected chi connectivity index (χ2v) is 7.07. The Morgan fingerprint density at radius 3 is 2.76 bits per heavy atom. The Balaban J connectivity index is 1.81. The molecule has 0 aliphatic heterocycles. The molecule has 1 saturated carbocycles. The van der Waals surface area contributed by atoms with E-state index < -0.39 is 0 Å². The van der Waals surface area contributed by atoms with Crippen molar-refractivity contribution < 1.29 is 9.53 Å². The Bertz CT molecular complexity index is 451. The number of nitrogens with zero attached hydrogens (tertiary/aromatic N) is 1. The van der Waals surface area contributed by atoms with Crippen LogP contribution in [0.5, 0.6) is 0 Å². The molecule has 2 atom stereocenters. The third-order valence-corrected chi connectivity index (χ3v) is 4.77. The van der Waals surface area contributed by atoms with E-state index in [-0.39, 0.29) is 5.97 Å². The maximum Gasteiger partial charge on any atom is 0.306 e. The largest absolute Gasteiger partial charge is 0.466 e. The Kier molecular flexibility index (Phi) is 6.03. The van der Waals surface area contributed by atoms with Gasteiger partial charge in [-0.1, -0.05) is 13.8 Å². The summed E-state index contributed by atoms with van der Waals surface area (Å²) >= 11 is 1.64. The smallest absolute Gasteiger partial charge is 0.306 e. The van der Waals surface area contributed by atoms with Gasteiger partial charge in [0.15, 0.2) is 5.13 Å². The van der Waals surface area contributed by atoms with Crippen molar-refractivity contribution in [2.24, 2.45) is 11.8 Å². The molecule has 0 radical (unpaired) electrons. The molecule has 0 spiro atoms. The minimum absolute atomic E-state index is 0.144. The maximum absolute atomic E-state index is 11.4. The first-order valence-corrected chi connectivity index (χ1v) is 8.81. The lowest BCUT2D eigenvalue weighted by Gasteiger charge is -2.31. The van der Waals surface area contributed by atoms with Crippen LogP contribution in [0.1, 0.15) is 52.1 Å². The number of hydrogen-bond donors (Lipinski definition) is 1. The number of hydrogen-bond acceptors (Lipinski definition) is 5. The summed E-state index contributed by atoms with van der Waals surface area (Å²) in [6, 6.07) is 0.535. The molecular formula is C16H26N2O2S. The number of anilines is 1. The number of rotatable bonds is 6. The molecule has 5 heteroatoms. The summed E-state index contributed by atoms with van der Waals surface area (Å²) in [6.07, 6.45) is 4.86. The van der Waals surface area contributed by atoms with Gasteiger partial charge in [-0.05, 0) is 38.0 Å². The molecule has 21 heavy (non-hydrogen) atoms. The summed E-state index contributed by atoms with van der Waals surface area (Å²) in [4.78, 5) is 15.9. The fraction of sp³-hybridized carbons (Fsp3) is 0.750. The third kappa shape index (κ3) is 5.30. The van der Waals surface area contributed by atoms with E-state index >= 15 is 0 Å². The molecule has 2 rings (SSSR count). The van der Waals surface area contributed by atoms with Gasteiger partial charge in [0.05, 0.1) is 18.7 Å². The number of carbonyl (C=O) groups excluding carboxylic acids is 1. The first kappa shape index (κ1) is 16.3. The van der Waals surface area contributed by atoms with Crippen molar-refractivity contribution in [1.82, 2.24) is 4.98 Å². The highest BCUT2D eigenvalue weighted by Crippen LogP contribution is 2.31. The van der Waals surface area contributed by atoms with Gasteiger partial charge in [0.2, 0.25) is 0 Å². The summed E-state index contributed by atoms with van der Waals surface area (Å²) in [5.41, 5.74) is 0.979. The minimum atomic E-state index is -0.144. The predicted molar refractivity (Wildman–Crippen MR) is 86.7 cm³/mol. The highest BCUT2D eigenvalue weighted by molar-refractivity contribution is 7.13. The quantitative estimate of drug-likeness (QED) is 0.810. The van der Waals surface area contributed by atoms with Crippen molar-refractivity contribution in [2.45, 2.75) is 58.9 Å². The van der Waals surface area contributed by atoms with E-state index in [0.29, 0.717) is 25.5 Å². The molecule has 4 nitrogen and oxygen atoms in total. The van der Waals surface area contributed by atoms with Crippen LogP contribution in [0.4, 0.5) is 5.13 Å². The Morgan fingerprint density at radius 1 is 1.38 bits per heavy atom. The van der Waals surface area contributed by atoms with E-state index in [1.54, 1.807) is 11.3 Å². The standard InChI is InChI=1S/C16H26N2O2S/c1-4-20-15(19)6-5-13-10-21-16(17-13)18-14-8-11(2)7-12(3)9-14/h10-12,14H,4-9H2,1-3H3,(H,17,18). The van der Waals surface area contributed by atoms with Gasteiger partial charge in [-0.3, -0.25) is 4.79 Å². The van der Waals surface area contributed by atoms with E-state index in [1.807, 2.05) is 12.3 Å². The fourth-order valence-electron chi connectivity index (χ4n) is 3.19. The second-order valence-electron chi connectivity index (χ2n) is 6.21. The zero-order chi connectivity index (χ0) is 15.2. The van der Waals surface area contributed by atoms with Crippen LogP contribution >= 0.6 is 11.3 Å². The van der Waals surface area contributed by atoms with Crippen molar-refractivity contribution in [2.75, 3.05) is 11.9 Å². The van der Waals surface area contributed by atoms with E-state index in [4.69, 9.17) is 4.74 Å². The Morgan fingerprint density at radius 2 is 2.10 bits per heavy atom. The molecule has 0 aromatic carbocycles. The lowest BCUT2D eigenvalue weighted by atomic mass is 9.80. The van der Waals surface area contributed by atoms with E-state index in [0.717, 1.165) is 22.7 Å². The summed E-state index contributed by atoms with van der Waals surface area (Å²) in [6.45, 7) is 6.93. The maximum atomic E-state index is 11.4. The van der Waals surface area contributed by atoms with Crippen LogP contribution in [0.25, 0.3) is 0 Å². The van der Waals surface area contributed by atoms with Crippen molar-refractivity contribution in [1.29, 1.82) is 0 Å². The second kappa shape index (κ2) is 7.78. The van der Waals surface area contributed by atoms with Crippen LogP contribution in [0, 0.1) is 11.8 Å². The minimum Gasteiger partial charge on any atom is -0.466 e. The monoisotopic (exact) mass is 310 g/mol. The van der Waals surface area contributed by atoms with Gasteiger partial charge in [-0.2, -0.15) is 0 Å². The molecule has 1 N–H and O–H groups in total. The molecule has 0 amide bonds. The highest BCUT2D eigenvalue weighted by atomic mass is 32.1. The number of thiazole rings is 1. The number of aryl methyl sites for hydroxylation is 1. The molecule has 0 saturated heterocycles. The summed E-state index contributed by atoms with van der Waals surface area (Å²) in [5, 5.41) is 6.59. The Hall–Kier alpha value is -1.10. The first-order valence-electron chi connectivity index (χ1n) is 7.93. The zero-order valence-electron chi connectivity index (χ0n) is 13.2. The molecule has 118 valence electrons. The molecule has 1 fully saturated rings. The number of nitrogens with one attached hydrogen (secondary N) is 1. The van der Waals surface area contributed by atoms with Gasteiger partial charge in [0.25, 0.3) is 0 Å². The van der Waals surface area contributed by atoms with Crippen molar-refractivity contribution >= 4 is 22.4 Å². The molecule has 1 aliphatic carbocycles. The molecule has 1 aromatic heterocycles. The molecule has 1 heterocycles. The first-order chi connectivity index (χ1) is 10.1. The van der Waals surface area contributed by atoms with Gasteiger partial charge in [-0.15, -0.1) is 11.3 Å². The van der Waals surface area contributed by atoms with Crippen LogP contribution in [-0.4, -0.2) is 23.6 Å². The molecule has 1 aromatic rings. The van der Waals surface area contributed by atoms with Crippen molar-refractivity contribution in [3.8, 4) is 0 Å². The van der Waals surface area contributed by atoms with Crippen molar-refractivity contribution in [3.63, 3.8) is 0 Å². The summed E-state index contributed by atoms with van der Waals surface area (Å²) in [5.74, 6) is 1.43. The summed E-state index contributed by atoms with van der Waals surface area (Å²) in [7, 11) is 0. The van der Waals surface area contributed by atoms with E-state index in [1.165, 1.54) is 19.3 Å². The van der Waals surface area contributed by atoms with Crippen LogP contribution < -0.4 is 5.32 Å². The van der Waals surface area contributed by atoms with Gasteiger partial charge < -0.3 is 10.1 Å². The number of esters is 1. The third-order valence-electron chi connectivity index (χ3n) is 3.95. The van der Waals surface area contributed by atoms with Crippen LogP contribution in [0.3, 0.4) is 0 Å². The fourth-order valence-corrected chi connectivity index (χ4v) is 4.01. The molecule has 1 aliphatic rings. The molecular weight excluding hydrogens is 284 g/mol. The van der Waals surface area contributed by atoms with Gasteiger partial charge in [0, 0.05) is 17.8 Å². The van der Waals surface area contributed by atoms with Gasteiger partial charge in [0.1, 0.15) is 0 Å². The average molecular weight is 310 g/mol. The Labute approximate surface area is 131 Å². The number of aromatic nitrogens is 1. The molecule has 0 bridgehead atoms. The van der Waals surface area contributed by atoms with Crippen LogP contribution in [0.2, 0.25) is 0 Å². The van der Waals surface area contributed by atoms with Crippen LogP contribution in [0.15, 0.2) is 5.38 Å². The van der Waals surface area contributed by atoms with Crippen LogP contribution in [-0.2, 0) is 16.0 Å².